The smallest absolute Gasteiger partial charge is 0.264 e. The van der Waals surface area contributed by atoms with Gasteiger partial charge in [-0.15, -0.1) is 0 Å². The molecule has 7 rings (SSSR count). The number of nitrogens with zero attached hydrogens (tertiary/aromatic N) is 4. The number of carbonyl (C=O) groups excluding carboxylic acids is 5. The van der Waals surface area contributed by atoms with E-state index in [4.69, 9.17) is 9.47 Å². The maximum atomic E-state index is 13.3. The number of methoxy groups -OCH3 is 2. The highest BCUT2D eigenvalue weighted by molar-refractivity contribution is 6.25. The Balaban J connectivity index is 0.864. The van der Waals surface area contributed by atoms with Crippen LogP contribution in [0.4, 0.5) is 5.69 Å². The van der Waals surface area contributed by atoms with E-state index < -0.39 is 29.7 Å². The summed E-state index contributed by atoms with van der Waals surface area (Å²) in [6, 6.07) is 9.70. The minimum atomic E-state index is -1.01. The number of benzene rings is 2. The van der Waals surface area contributed by atoms with Crippen LogP contribution in [-0.4, -0.2) is 95.3 Å². The van der Waals surface area contributed by atoms with Gasteiger partial charge in [0.15, 0.2) is 0 Å². The Kier molecular flexibility index (Phi) is 10.6. The number of unbranched alkanes of at least 4 members (excludes halogenated alkanes) is 2. The van der Waals surface area contributed by atoms with Gasteiger partial charge in [-0.25, -0.2) is 0 Å². The molecule has 0 bridgehead atoms. The summed E-state index contributed by atoms with van der Waals surface area (Å²) in [5.41, 5.74) is 3.44. The van der Waals surface area contributed by atoms with Gasteiger partial charge < -0.3 is 24.7 Å². The van der Waals surface area contributed by atoms with Crippen LogP contribution in [-0.2, 0) is 28.0 Å². The van der Waals surface area contributed by atoms with Gasteiger partial charge in [0.25, 0.3) is 17.4 Å². The Morgan fingerprint density at radius 1 is 0.927 bits per heavy atom. The number of piperidine rings is 1. The maximum absolute atomic E-state index is 13.3. The number of pyridine rings is 2. The number of carbonyl (C=O) groups is 5. The summed E-state index contributed by atoms with van der Waals surface area (Å²) >= 11 is 0. The van der Waals surface area contributed by atoms with Crippen LogP contribution in [0.15, 0.2) is 59.8 Å². The highest BCUT2D eigenvalue weighted by atomic mass is 16.5. The van der Waals surface area contributed by atoms with E-state index in [1.807, 2.05) is 18.2 Å². The Morgan fingerprint density at radius 2 is 1.67 bits per heavy atom. The van der Waals surface area contributed by atoms with Crippen LogP contribution < -0.4 is 31.0 Å². The molecular weight excluding hydrogens is 706 g/mol. The van der Waals surface area contributed by atoms with Gasteiger partial charge >= 0.3 is 0 Å². The second kappa shape index (κ2) is 15.7. The number of fused-ring (bicyclic) bond motifs is 2. The molecule has 0 radical (unpaired) electrons. The molecule has 15 heteroatoms. The Bertz CT molecular complexity index is 2240. The molecule has 5 amide bonds. The van der Waals surface area contributed by atoms with Gasteiger partial charge in [-0.05, 0) is 67.0 Å². The van der Waals surface area contributed by atoms with Crippen molar-refractivity contribution in [3.05, 3.63) is 82.0 Å². The third-order valence-corrected chi connectivity index (χ3v) is 10.5. The molecule has 5 heterocycles. The van der Waals surface area contributed by atoms with E-state index in [0.29, 0.717) is 55.3 Å². The van der Waals surface area contributed by atoms with Crippen molar-refractivity contribution in [3.8, 4) is 22.6 Å². The molecule has 1 atom stereocenters. The maximum Gasteiger partial charge on any atom is 0.264 e. The number of imide groups is 2. The molecule has 15 nitrogen and oxygen atoms in total. The number of anilines is 1. The van der Waals surface area contributed by atoms with Crippen LogP contribution in [0.5, 0.6) is 11.5 Å². The standard InChI is InChI=1S/C40H43N7O8/c1-45-21-28(25-12-15-41-18-27(25)38(45)51)23-16-32(54-2)29(33(17-23)55-3)22-46-19-24(20-46)36(49)43-14-6-4-5-13-42-30-9-7-8-26-35(30)40(53)47(39(26)52)31-10-11-34(48)44-37(31)50/h7-9,12,15-18,21,24,31,42H,4-6,10-11,13-14,19-20,22H2,1-3H3,(H,43,49)(H,44,48,50). The van der Waals surface area contributed by atoms with E-state index in [2.05, 4.69) is 25.8 Å². The van der Waals surface area contributed by atoms with Crippen molar-refractivity contribution in [2.45, 2.75) is 44.7 Å². The van der Waals surface area contributed by atoms with E-state index in [1.54, 1.807) is 62.6 Å². The monoisotopic (exact) mass is 749 g/mol. The van der Waals surface area contributed by atoms with Gasteiger partial charge in [-0.2, -0.15) is 0 Å². The van der Waals surface area contributed by atoms with Crippen LogP contribution in [0.1, 0.15) is 58.4 Å². The lowest BCUT2D eigenvalue weighted by atomic mass is 9.96. The molecule has 2 saturated heterocycles. The van der Waals surface area contributed by atoms with Crippen molar-refractivity contribution in [1.82, 2.24) is 30.0 Å². The topological polar surface area (TPSA) is 181 Å². The zero-order valence-electron chi connectivity index (χ0n) is 31.0. The zero-order valence-corrected chi connectivity index (χ0v) is 31.0. The van der Waals surface area contributed by atoms with Gasteiger partial charge in [0, 0.05) is 76.0 Å². The van der Waals surface area contributed by atoms with Gasteiger partial charge in [0.05, 0.1) is 42.2 Å². The normalized spacial score (nSPS) is 17.2. The average molecular weight is 750 g/mol. The first-order valence-electron chi connectivity index (χ1n) is 18.4. The fraction of sp³-hybridized carbons (Fsp3) is 0.375. The Hall–Kier alpha value is -6.09. The summed E-state index contributed by atoms with van der Waals surface area (Å²) in [5.74, 6) is -0.942. The van der Waals surface area contributed by atoms with Gasteiger partial charge in [-0.1, -0.05) is 6.07 Å². The number of rotatable bonds is 14. The fourth-order valence-corrected chi connectivity index (χ4v) is 7.59. The van der Waals surface area contributed by atoms with Gasteiger partial charge in [0.1, 0.15) is 17.5 Å². The number of likely N-dealkylation sites (tertiary alicyclic amines) is 1. The molecule has 286 valence electrons. The summed E-state index contributed by atoms with van der Waals surface area (Å²) in [6.45, 7) is 2.84. The first-order chi connectivity index (χ1) is 26.6. The quantitative estimate of drug-likeness (QED) is 0.127. The van der Waals surface area contributed by atoms with Crippen LogP contribution in [0, 0.1) is 5.92 Å². The molecule has 2 aromatic heterocycles. The van der Waals surface area contributed by atoms with Gasteiger partial charge in [-0.3, -0.25) is 48.9 Å². The van der Waals surface area contributed by atoms with Crippen molar-refractivity contribution in [2.75, 3.05) is 45.7 Å². The molecule has 0 saturated carbocycles. The number of hydrogen-bond donors (Lipinski definition) is 3. The lowest BCUT2D eigenvalue weighted by Crippen LogP contribution is -2.54. The van der Waals surface area contributed by atoms with E-state index >= 15 is 0 Å². The molecule has 3 aliphatic heterocycles. The number of ether oxygens (including phenoxy) is 2. The molecule has 3 N–H and O–H groups in total. The van der Waals surface area contributed by atoms with E-state index in [0.717, 1.165) is 46.2 Å². The van der Waals surface area contributed by atoms with Crippen LogP contribution in [0.3, 0.4) is 0 Å². The fourth-order valence-electron chi connectivity index (χ4n) is 7.59. The van der Waals surface area contributed by atoms with Crippen LogP contribution in [0.25, 0.3) is 21.9 Å². The minimum absolute atomic E-state index is 0.0170. The lowest BCUT2D eigenvalue weighted by Gasteiger charge is -2.38. The van der Waals surface area contributed by atoms with Gasteiger partial charge in [0.2, 0.25) is 17.7 Å². The van der Waals surface area contributed by atoms with Crippen LogP contribution in [0.2, 0.25) is 0 Å². The molecule has 0 aliphatic carbocycles. The highest BCUT2D eigenvalue weighted by Crippen LogP contribution is 2.39. The summed E-state index contributed by atoms with van der Waals surface area (Å²) in [6.07, 6.45) is 7.59. The summed E-state index contributed by atoms with van der Waals surface area (Å²) in [4.78, 5) is 83.2. The molecule has 1 unspecified atom stereocenters. The second-order valence-corrected chi connectivity index (χ2v) is 14.1. The average Bonchev–Trinajstić information content (AvgIpc) is 3.42. The molecule has 4 aromatic rings. The third-order valence-electron chi connectivity index (χ3n) is 10.5. The van der Waals surface area contributed by atoms with Crippen molar-refractivity contribution in [3.63, 3.8) is 0 Å². The largest absolute Gasteiger partial charge is 0.496 e. The lowest BCUT2D eigenvalue weighted by molar-refractivity contribution is -0.136. The number of aromatic nitrogens is 2. The van der Waals surface area contributed by atoms with Crippen molar-refractivity contribution < 1.29 is 33.4 Å². The van der Waals surface area contributed by atoms with E-state index in [1.165, 1.54) is 0 Å². The predicted octanol–water partition coefficient (Wildman–Crippen LogP) is 2.85. The van der Waals surface area contributed by atoms with Crippen molar-refractivity contribution >= 4 is 46.0 Å². The molecule has 3 aliphatic rings. The Labute approximate surface area is 317 Å². The number of hydrogen-bond acceptors (Lipinski definition) is 11. The molecule has 0 spiro atoms. The second-order valence-electron chi connectivity index (χ2n) is 14.1. The Morgan fingerprint density at radius 3 is 2.40 bits per heavy atom. The highest BCUT2D eigenvalue weighted by Gasteiger charge is 2.45. The molecule has 2 fully saturated rings. The zero-order chi connectivity index (χ0) is 38.8. The van der Waals surface area contributed by atoms with Crippen molar-refractivity contribution in [2.24, 2.45) is 13.0 Å². The van der Waals surface area contributed by atoms with E-state index in [9.17, 15) is 28.8 Å². The van der Waals surface area contributed by atoms with E-state index in [-0.39, 0.29) is 41.4 Å². The third kappa shape index (κ3) is 7.26. The van der Waals surface area contributed by atoms with Crippen LogP contribution >= 0.6 is 0 Å². The van der Waals surface area contributed by atoms with Crippen molar-refractivity contribution in [1.29, 1.82) is 0 Å². The number of nitrogens with one attached hydrogen (secondary N) is 3. The summed E-state index contributed by atoms with van der Waals surface area (Å²) < 4.78 is 13.2. The SMILES string of the molecule is COc1cc(-c2cn(C)c(=O)c3cnccc23)cc(OC)c1CN1CC(C(=O)NCCCCCNc2cccc3c2C(=O)N(C2CCC(=O)NC2=O)C3=O)C1. The summed E-state index contributed by atoms with van der Waals surface area (Å²) in [7, 11) is 4.94. The molecular formula is C40H43N7O8. The number of aryl methyl sites for hydroxylation is 1. The first-order valence-corrected chi connectivity index (χ1v) is 18.4. The minimum Gasteiger partial charge on any atom is -0.496 e. The first kappa shape index (κ1) is 37.2. The number of amides is 5. The molecule has 2 aromatic carbocycles. The predicted molar refractivity (Wildman–Crippen MR) is 203 cm³/mol. The summed E-state index contributed by atoms with van der Waals surface area (Å²) in [5, 5.41) is 9.84. The molecule has 55 heavy (non-hydrogen) atoms.